The highest BCUT2D eigenvalue weighted by Crippen LogP contribution is 2.23. The Morgan fingerprint density at radius 1 is 1.53 bits per heavy atom. The van der Waals surface area contributed by atoms with E-state index in [-0.39, 0.29) is 11.9 Å². The molecule has 1 aliphatic heterocycles. The van der Waals surface area contributed by atoms with E-state index < -0.39 is 0 Å². The number of nitrogens with zero attached hydrogens (tertiary/aromatic N) is 2. The molecule has 1 fully saturated rings. The molecule has 1 aromatic heterocycles. The van der Waals surface area contributed by atoms with Crippen molar-refractivity contribution in [1.82, 2.24) is 9.88 Å². The Kier molecular flexibility index (Phi) is 4.79. The number of thioether (sulfide) groups is 1. The Morgan fingerprint density at radius 3 is 3.05 bits per heavy atom. The first-order valence-corrected chi connectivity index (χ1v) is 7.14. The summed E-state index contributed by atoms with van der Waals surface area (Å²) < 4.78 is 4.60. The molecule has 1 atom stereocenters. The zero-order valence-corrected chi connectivity index (χ0v) is 11.6. The maximum atomic E-state index is 12.1. The van der Waals surface area contributed by atoms with Crippen molar-refractivity contribution in [2.24, 2.45) is 0 Å². The number of esters is 1. The van der Waals surface area contributed by atoms with Crippen LogP contribution in [0.25, 0.3) is 0 Å². The number of hydrogen-bond acceptors (Lipinski definition) is 5. The molecule has 0 saturated carbocycles. The maximum absolute atomic E-state index is 12.1. The number of rotatable bonds is 4. The lowest BCUT2D eigenvalue weighted by atomic mass is 10.3. The third-order valence-electron chi connectivity index (χ3n) is 2.98. The van der Waals surface area contributed by atoms with Crippen LogP contribution in [0.4, 0.5) is 0 Å². The number of amides is 1. The van der Waals surface area contributed by atoms with Gasteiger partial charge in [0.05, 0.1) is 12.9 Å². The van der Waals surface area contributed by atoms with Gasteiger partial charge in [-0.05, 0) is 18.6 Å². The summed E-state index contributed by atoms with van der Waals surface area (Å²) >= 11 is 1.54. The van der Waals surface area contributed by atoms with E-state index in [1.807, 2.05) is 0 Å². The van der Waals surface area contributed by atoms with Crippen molar-refractivity contribution in [3.05, 3.63) is 30.1 Å². The molecule has 2 rings (SSSR count). The minimum absolute atomic E-state index is 0.0400. The van der Waals surface area contributed by atoms with E-state index in [0.717, 1.165) is 6.42 Å². The van der Waals surface area contributed by atoms with Crippen LogP contribution in [0.5, 0.6) is 0 Å². The van der Waals surface area contributed by atoms with Crippen LogP contribution >= 0.6 is 11.8 Å². The second-order valence-corrected chi connectivity index (χ2v) is 5.55. The normalized spacial score (nSPS) is 18.4. The van der Waals surface area contributed by atoms with Gasteiger partial charge in [-0.25, -0.2) is 0 Å². The number of methoxy groups -OCH3 is 1. The van der Waals surface area contributed by atoms with Crippen molar-refractivity contribution >= 4 is 23.6 Å². The van der Waals surface area contributed by atoms with Crippen LogP contribution in [0.2, 0.25) is 0 Å². The minimum atomic E-state index is -0.223. The fraction of sp³-hybridized carbons (Fsp3) is 0.462. The van der Waals surface area contributed by atoms with Crippen molar-refractivity contribution in [3.63, 3.8) is 0 Å². The van der Waals surface area contributed by atoms with Crippen LogP contribution < -0.4 is 0 Å². The first kappa shape index (κ1) is 13.9. The van der Waals surface area contributed by atoms with Gasteiger partial charge in [-0.1, -0.05) is 6.07 Å². The third kappa shape index (κ3) is 3.70. The fourth-order valence-corrected chi connectivity index (χ4v) is 2.99. The van der Waals surface area contributed by atoms with Gasteiger partial charge in [0.25, 0.3) is 5.91 Å². The zero-order valence-electron chi connectivity index (χ0n) is 10.7. The average molecular weight is 280 g/mol. The standard InChI is InChI=1S/C13H16N2O3S/c1-18-12(16)9-19-10-5-7-15(8-10)13(17)11-4-2-3-6-14-11/h2-4,6,10H,5,7-9H2,1H3/t10-/m1/s1. The van der Waals surface area contributed by atoms with Gasteiger partial charge in [0.1, 0.15) is 5.69 Å². The maximum Gasteiger partial charge on any atom is 0.315 e. The highest BCUT2D eigenvalue weighted by molar-refractivity contribution is 8.00. The van der Waals surface area contributed by atoms with Crippen molar-refractivity contribution in [1.29, 1.82) is 0 Å². The molecule has 1 amide bonds. The van der Waals surface area contributed by atoms with Crippen molar-refractivity contribution in [2.75, 3.05) is 26.0 Å². The van der Waals surface area contributed by atoms with Crippen LogP contribution in [-0.2, 0) is 9.53 Å². The average Bonchev–Trinajstić information content (AvgIpc) is 2.93. The lowest BCUT2D eigenvalue weighted by molar-refractivity contribution is -0.137. The van der Waals surface area contributed by atoms with Gasteiger partial charge in [0.15, 0.2) is 0 Å². The first-order chi connectivity index (χ1) is 9.20. The molecular weight excluding hydrogens is 264 g/mol. The van der Waals surface area contributed by atoms with Crippen molar-refractivity contribution in [2.45, 2.75) is 11.7 Å². The summed E-state index contributed by atoms with van der Waals surface area (Å²) in [5, 5.41) is 0.298. The second kappa shape index (κ2) is 6.56. The molecule has 1 aliphatic rings. The summed E-state index contributed by atoms with van der Waals surface area (Å²) in [6, 6.07) is 5.31. The Hall–Kier alpha value is -1.56. The summed E-state index contributed by atoms with van der Waals surface area (Å²) in [6.07, 6.45) is 2.52. The molecule has 19 heavy (non-hydrogen) atoms. The number of ether oxygens (including phenoxy) is 1. The van der Waals surface area contributed by atoms with Crippen LogP contribution in [-0.4, -0.2) is 53.0 Å². The highest BCUT2D eigenvalue weighted by atomic mass is 32.2. The summed E-state index contributed by atoms with van der Waals surface area (Å²) in [5.41, 5.74) is 0.473. The van der Waals surface area contributed by atoms with E-state index >= 15 is 0 Å². The van der Waals surface area contributed by atoms with Gasteiger partial charge in [0.2, 0.25) is 0 Å². The molecule has 1 aromatic rings. The van der Waals surface area contributed by atoms with Gasteiger partial charge >= 0.3 is 5.97 Å². The molecule has 2 heterocycles. The molecule has 0 bridgehead atoms. The zero-order chi connectivity index (χ0) is 13.7. The largest absolute Gasteiger partial charge is 0.468 e. The second-order valence-electron chi connectivity index (χ2n) is 4.26. The number of hydrogen-bond donors (Lipinski definition) is 0. The lowest BCUT2D eigenvalue weighted by Crippen LogP contribution is -2.29. The lowest BCUT2D eigenvalue weighted by Gasteiger charge is -2.15. The minimum Gasteiger partial charge on any atom is -0.468 e. The van der Waals surface area contributed by atoms with Crippen LogP contribution in [0.3, 0.4) is 0 Å². The molecule has 102 valence electrons. The number of pyridine rings is 1. The predicted molar refractivity (Wildman–Crippen MR) is 73.0 cm³/mol. The van der Waals surface area contributed by atoms with Gasteiger partial charge in [-0.15, -0.1) is 11.8 Å². The van der Waals surface area contributed by atoms with Crippen LogP contribution in [0.15, 0.2) is 24.4 Å². The number of likely N-dealkylation sites (tertiary alicyclic amines) is 1. The van der Waals surface area contributed by atoms with E-state index in [1.165, 1.54) is 7.11 Å². The third-order valence-corrected chi connectivity index (χ3v) is 4.24. The van der Waals surface area contributed by atoms with E-state index in [4.69, 9.17) is 0 Å². The Balaban J connectivity index is 1.85. The topological polar surface area (TPSA) is 59.5 Å². The quantitative estimate of drug-likeness (QED) is 0.776. The predicted octanol–water partition coefficient (Wildman–Crippen LogP) is 1.20. The smallest absolute Gasteiger partial charge is 0.315 e. The molecule has 0 spiro atoms. The van der Waals surface area contributed by atoms with Crippen molar-refractivity contribution in [3.8, 4) is 0 Å². The van der Waals surface area contributed by atoms with E-state index in [0.29, 0.717) is 29.8 Å². The van der Waals surface area contributed by atoms with Gasteiger partial charge in [0, 0.05) is 24.5 Å². The summed E-state index contributed by atoms with van der Waals surface area (Å²) in [7, 11) is 1.38. The monoisotopic (exact) mass is 280 g/mol. The molecule has 6 heteroatoms. The van der Waals surface area contributed by atoms with Crippen LogP contribution in [0, 0.1) is 0 Å². The molecule has 0 radical (unpaired) electrons. The van der Waals surface area contributed by atoms with Gasteiger partial charge in [-0.3, -0.25) is 14.6 Å². The van der Waals surface area contributed by atoms with E-state index in [2.05, 4.69) is 9.72 Å². The number of carbonyl (C=O) groups is 2. The Labute approximate surface area is 116 Å². The molecular formula is C13H16N2O3S. The van der Waals surface area contributed by atoms with E-state index in [1.54, 1.807) is 41.1 Å². The summed E-state index contributed by atoms with van der Waals surface area (Å²) in [5.74, 6) is 0.0774. The Bertz CT molecular complexity index is 452. The van der Waals surface area contributed by atoms with Crippen molar-refractivity contribution < 1.29 is 14.3 Å². The van der Waals surface area contributed by atoms with Crippen LogP contribution in [0.1, 0.15) is 16.9 Å². The fourth-order valence-electron chi connectivity index (χ4n) is 1.94. The molecule has 5 nitrogen and oxygen atoms in total. The first-order valence-electron chi connectivity index (χ1n) is 6.09. The summed E-state index contributed by atoms with van der Waals surface area (Å²) in [4.78, 5) is 29.1. The molecule has 0 aliphatic carbocycles. The Morgan fingerprint density at radius 2 is 2.37 bits per heavy atom. The molecule has 0 aromatic carbocycles. The van der Waals surface area contributed by atoms with E-state index in [9.17, 15) is 9.59 Å². The van der Waals surface area contributed by atoms with Gasteiger partial charge < -0.3 is 9.64 Å². The SMILES string of the molecule is COC(=O)CS[C@@H]1CCN(C(=O)c2ccccn2)C1. The van der Waals surface area contributed by atoms with Gasteiger partial charge in [-0.2, -0.15) is 0 Å². The molecule has 1 saturated heterocycles. The summed E-state index contributed by atoms with van der Waals surface area (Å²) in [6.45, 7) is 1.38. The molecule has 0 N–H and O–H groups in total. The molecule has 0 unspecified atom stereocenters. The number of aromatic nitrogens is 1. The number of carbonyl (C=O) groups excluding carboxylic acids is 2. The highest BCUT2D eigenvalue weighted by Gasteiger charge is 2.28.